The van der Waals surface area contributed by atoms with Crippen LogP contribution in [0.2, 0.25) is 0 Å². The average molecular weight is 282 g/mol. The molecule has 0 saturated heterocycles. The van der Waals surface area contributed by atoms with Gasteiger partial charge in [0.25, 0.3) is 5.91 Å². The second kappa shape index (κ2) is 6.08. The molecule has 0 bridgehead atoms. The highest BCUT2D eigenvalue weighted by Crippen LogP contribution is 2.20. The summed E-state index contributed by atoms with van der Waals surface area (Å²) in [6, 6.07) is 13.6. The van der Waals surface area contributed by atoms with Crippen LogP contribution in [0.25, 0.3) is 0 Å². The third kappa shape index (κ3) is 2.96. The van der Waals surface area contributed by atoms with E-state index in [0.29, 0.717) is 31.9 Å². The van der Waals surface area contributed by atoms with E-state index >= 15 is 0 Å². The number of nitrogens with one attached hydrogen (secondary N) is 1. The Morgan fingerprint density at radius 3 is 2.67 bits per heavy atom. The molecule has 0 aromatic heterocycles. The maximum atomic E-state index is 12.2. The second-order valence-electron chi connectivity index (χ2n) is 5.13. The van der Waals surface area contributed by atoms with Gasteiger partial charge in [0.1, 0.15) is 0 Å². The number of amides is 1. The Morgan fingerprint density at radius 1 is 1.10 bits per heavy atom. The first-order chi connectivity index (χ1) is 10.3. The van der Waals surface area contributed by atoms with Crippen molar-refractivity contribution in [3.05, 3.63) is 70.3 Å². The van der Waals surface area contributed by atoms with Gasteiger partial charge in [0.15, 0.2) is 0 Å². The van der Waals surface area contributed by atoms with E-state index < -0.39 is 0 Å². The average Bonchev–Trinajstić information content (AvgIpc) is 3.00. The molecule has 1 aliphatic heterocycles. The molecular weight excluding hydrogens is 264 g/mol. The third-order valence-corrected chi connectivity index (χ3v) is 3.76. The number of fused-ring (bicyclic) bond motifs is 1. The van der Waals surface area contributed by atoms with Crippen LogP contribution in [0.15, 0.2) is 42.5 Å². The van der Waals surface area contributed by atoms with Gasteiger partial charge in [-0.25, -0.2) is 0 Å². The number of hydrogen-bond acceptors (Lipinski definition) is 3. The van der Waals surface area contributed by atoms with Crippen molar-refractivity contribution < 1.29 is 9.53 Å². The highest BCUT2D eigenvalue weighted by atomic mass is 16.5. The summed E-state index contributed by atoms with van der Waals surface area (Å²) in [7, 11) is 0. The van der Waals surface area contributed by atoms with E-state index in [2.05, 4.69) is 5.32 Å². The number of carbonyl (C=O) groups is 1. The Kier molecular flexibility index (Phi) is 3.99. The molecule has 0 radical (unpaired) electrons. The van der Waals surface area contributed by atoms with Gasteiger partial charge in [-0.2, -0.15) is 0 Å². The Balaban J connectivity index is 1.69. The van der Waals surface area contributed by atoms with Crippen LogP contribution in [0.4, 0.5) is 0 Å². The van der Waals surface area contributed by atoms with Crippen molar-refractivity contribution in [1.82, 2.24) is 5.32 Å². The molecule has 0 fully saturated rings. The topological polar surface area (TPSA) is 64.3 Å². The van der Waals surface area contributed by atoms with Crippen molar-refractivity contribution in [3.63, 3.8) is 0 Å². The van der Waals surface area contributed by atoms with Crippen LogP contribution in [0, 0.1) is 0 Å². The minimum absolute atomic E-state index is 0.0727. The number of ether oxygens (including phenoxy) is 1. The van der Waals surface area contributed by atoms with Gasteiger partial charge in [-0.3, -0.25) is 4.79 Å². The lowest BCUT2D eigenvalue weighted by atomic mass is 10.1. The first-order valence-corrected chi connectivity index (χ1v) is 7.02. The summed E-state index contributed by atoms with van der Waals surface area (Å²) < 4.78 is 5.36. The summed E-state index contributed by atoms with van der Waals surface area (Å²) in [5.41, 5.74) is 10.8. The molecule has 0 aliphatic carbocycles. The zero-order chi connectivity index (χ0) is 14.7. The zero-order valence-corrected chi connectivity index (χ0v) is 11.8. The maximum Gasteiger partial charge on any atom is 0.251 e. The van der Waals surface area contributed by atoms with E-state index in [4.69, 9.17) is 10.5 Å². The van der Waals surface area contributed by atoms with Crippen molar-refractivity contribution in [2.75, 3.05) is 0 Å². The highest BCUT2D eigenvalue weighted by Gasteiger charge is 2.14. The largest absolute Gasteiger partial charge is 0.372 e. The summed E-state index contributed by atoms with van der Waals surface area (Å²) >= 11 is 0. The monoisotopic (exact) mass is 282 g/mol. The molecule has 3 rings (SSSR count). The van der Waals surface area contributed by atoms with E-state index in [1.54, 1.807) is 0 Å². The molecule has 0 saturated carbocycles. The lowest BCUT2D eigenvalue weighted by Crippen LogP contribution is -2.23. The van der Waals surface area contributed by atoms with Crippen LogP contribution >= 0.6 is 0 Å². The molecule has 4 nitrogen and oxygen atoms in total. The van der Waals surface area contributed by atoms with Crippen LogP contribution in [-0.2, 0) is 31.0 Å². The first kappa shape index (κ1) is 13.8. The van der Waals surface area contributed by atoms with E-state index in [1.807, 2.05) is 42.5 Å². The number of benzene rings is 2. The summed E-state index contributed by atoms with van der Waals surface area (Å²) in [4.78, 5) is 12.2. The molecule has 2 aromatic rings. The molecule has 108 valence electrons. The van der Waals surface area contributed by atoms with Gasteiger partial charge in [-0.15, -0.1) is 0 Å². The van der Waals surface area contributed by atoms with E-state index in [9.17, 15) is 4.79 Å². The van der Waals surface area contributed by atoms with Crippen molar-refractivity contribution >= 4 is 5.91 Å². The molecule has 1 heterocycles. The van der Waals surface area contributed by atoms with Gasteiger partial charge in [0.05, 0.1) is 13.2 Å². The summed E-state index contributed by atoms with van der Waals surface area (Å²) in [5.74, 6) is -0.0727. The number of carbonyl (C=O) groups excluding carboxylic acids is 1. The SMILES string of the molecule is NCc1ccccc1CNC(=O)c1ccc2c(c1)COC2. The van der Waals surface area contributed by atoms with Crippen LogP contribution < -0.4 is 11.1 Å². The fourth-order valence-electron chi connectivity index (χ4n) is 2.52. The summed E-state index contributed by atoms with van der Waals surface area (Å²) in [5, 5.41) is 2.95. The fraction of sp³-hybridized carbons (Fsp3) is 0.235. The van der Waals surface area contributed by atoms with E-state index in [0.717, 1.165) is 16.7 Å². The molecule has 1 amide bonds. The maximum absolute atomic E-state index is 12.2. The van der Waals surface area contributed by atoms with Gasteiger partial charge >= 0.3 is 0 Å². The predicted octanol–water partition coefficient (Wildman–Crippen LogP) is 2.11. The van der Waals surface area contributed by atoms with Crippen molar-refractivity contribution in [1.29, 1.82) is 0 Å². The van der Waals surface area contributed by atoms with Gasteiger partial charge in [-0.1, -0.05) is 30.3 Å². The number of rotatable bonds is 4. The van der Waals surface area contributed by atoms with Crippen molar-refractivity contribution in [2.24, 2.45) is 5.73 Å². The standard InChI is InChI=1S/C17H18N2O2/c18-8-13-3-1-2-4-14(13)9-19-17(20)12-5-6-15-10-21-11-16(15)7-12/h1-7H,8-11,18H2,(H,19,20). The lowest BCUT2D eigenvalue weighted by molar-refractivity contribution is 0.0950. The Hall–Kier alpha value is -2.17. The van der Waals surface area contributed by atoms with Gasteiger partial charge in [0, 0.05) is 18.7 Å². The number of hydrogen-bond donors (Lipinski definition) is 2. The first-order valence-electron chi connectivity index (χ1n) is 7.02. The van der Waals surface area contributed by atoms with Gasteiger partial charge < -0.3 is 15.8 Å². The van der Waals surface area contributed by atoms with Gasteiger partial charge in [-0.05, 0) is 34.4 Å². The molecule has 3 N–H and O–H groups in total. The summed E-state index contributed by atoms with van der Waals surface area (Å²) in [6.45, 7) is 2.19. The molecule has 1 aliphatic rings. The van der Waals surface area contributed by atoms with Crippen molar-refractivity contribution in [2.45, 2.75) is 26.3 Å². The van der Waals surface area contributed by atoms with Crippen LogP contribution in [0.5, 0.6) is 0 Å². The molecule has 0 spiro atoms. The van der Waals surface area contributed by atoms with E-state index in [-0.39, 0.29) is 5.91 Å². The molecule has 0 unspecified atom stereocenters. The molecule has 21 heavy (non-hydrogen) atoms. The normalized spacial score (nSPS) is 13.0. The predicted molar refractivity (Wildman–Crippen MR) is 80.4 cm³/mol. The lowest BCUT2D eigenvalue weighted by Gasteiger charge is -2.10. The third-order valence-electron chi connectivity index (χ3n) is 3.76. The van der Waals surface area contributed by atoms with Crippen LogP contribution in [0.1, 0.15) is 32.6 Å². The van der Waals surface area contributed by atoms with E-state index in [1.165, 1.54) is 5.56 Å². The summed E-state index contributed by atoms with van der Waals surface area (Å²) in [6.07, 6.45) is 0. The van der Waals surface area contributed by atoms with Gasteiger partial charge in [0.2, 0.25) is 0 Å². The minimum atomic E-state index is -0.0727. The Bertz CT molecular complexity index is 668. The van der Waals surface area contributed by atoms with Crippen molar-refractivity contribution in [3.8, 4) is 0 Å². The number of nitrogens with two attached hydrogens (primary N) is 1. The smallest absolute Gasteiger partial charge is 0.251 e. The second-order valence-corrected chi connectivity index (χ2v) is 5.13. The molecule has 0 atom stereocenters. The Labute approximate surface area is 123 Å². The quantitative estimate of drug-likeness (QED) is 0.902. The fourth-order valence-corrected chi connectivity index (χ4v) is 2.52. The zero-order valence-electron chi connectivity index (χ0n) is 11.8. The minimum Gasteiger partial charge on any atom is -0.372 e. The van der Waals surface area contributed by atoms with Crippen LogP contribution in [0.3, 0.4) is 0 Å². The highest BCUT2D eigenvalue weighted by molar-refractivity contribution is 5.94. The van der Waals surface area contributed by atoms with Crippen LogP contribution in [-0.4, -0.2) is 5.91 Å². The molecule has 2 aromatic carbocycles. The Morgan fingerprint density at radius 2 is 1.86 bits per heavy atom. The molecule has 4 heteroatoms. The molecular formula is C17H18N2O2.